The Bertz CT molecular complexity index is 760. The monoisotopic (exact) mass is 318 g/mol. The number of carbonyl (C=O) groups excluding carboxylic acids is 1. The zero-order valence-corrected chi connectivity index (χ0v) is 14.3. The highest BCUT2D eigenvalue weighted by atomic mass is 19.1. The second-order valence-corrected chi connectivity index (χ2v) is 7.31. The van der Waals surface area contributed by atoms with Crippen molar-refractivity contribution in [1.82, 2.24) is 9.47 Å². The van der Waals surface area contributed by atoms with Crippen molar-refractivity contribution >= 4 is 17.0 Å². The largest absolute Gasteiger partial charge is 0.444 e. The number of benzene rings is 1. The van der Waals surface area contributed by atoms with Crippen LogP contribution in [0.5, 0.6) is 0 Å². The van der Waals surface area contributed by atoms with E-state index in [9.17, 15) is 9.18 Å². The van der Waals surface area contributed by atoms with Gasteiger partial charge in [0.2, 0.25) is 0 Å². The number of amides is 1. The molecule has 124 valence electrons. The summed E-state index contributed by atoms with van der Waals surface area (Å²) < 4.78 is 21.4. The van der Waals surface area contributed by atoms with Gasteiger partial charge in [0.25, 0.3) is 0 Å². The molecule has 3 rings (SSSR count). The van der Waals surface area contributed by atoms with Gasteiger partial charge in [-0.15, -0.1) is 0 Å². The first-order valence-corrected chi connectivity index (χ1v) is 7.92. The number of carbonyl (C=O) groups is 1. The van der Waals surface area contributed by atoms with Gasteiger partial charge in [0.05, 0.1) is 11.6 Å². The molecule has 2 heterocycles. The third-order valence-electron chi connectivity index (χ3n) is 4.53. The lowest BCUT2D eigenvalue weighted by Gasteiger charge is -2.38. The molecule has 1 unspecified atom stereocenters. The minimum absolute atomic E-state index is 0.0292. The summed E-state index contributed by atoms with van der Waals surface area (Å²) in [6.07, 6.45) is 1.56. The van der Waals surface area contributed by atoms with Crippen LogP contribution in [0.3, 0.4) is 0 Å². The van der Waals surface area contributed by atoms with E-state index in [1.807, 2.05) is 37.6 Å². The molecule has 0 bridgehead atoms. The van der Waals surface area contributed by atoms with Gasteiger partial charge in [0, 0.05) is 31.1 Å². The Morgan fingerprint density at radius 3 is 2.70 bits per heavy atom. The predicted molar refractivity (Wildman–Crippen MR) is 88.1 cm³/mol. The Hall–Kier alpha value is -2.04. The third kappa shape index (κ3) is 2.69. The van der Waals surface area contributed by atoms with Gasteiger partial charge < -0.3 is 14.2 Å². The van der Waals surface area contributed by atoms with Crippen LogP contribution in [-0.2, 0) is 11.3 Å². The number of likely N-dealkylation sites (N-methyl/N-ethyl adjacent to an activating group) is 1. The summed E-state index contributed by atoms with van der Waals surface area (Å²) in [7, 11) is 1.77. The van der Waals surface area contributed by atoms with Crippen LogP contribution >= 0.6 is 0 Å². The normalized spacial score (nSPS) is 20.6. The molecule has 23 heavy (non-hydrogen) atoms. The lowest BCUT2D eigenvalue weighted by atomic mass is 9.88. The maximum absolute atomic E-state index is 13.9. The Morgan fingerprint density at radius 2 is 2.04 bits per heavy atom. The van der Waals surface area contributed by atoms with Crippen molar-refractivity contribution in [3.05, 3.63) is 35.8 Å². The van der Waals surface area contributed by atoms with E-state index in [0.717, 1.165) is 11.1 Å². The minimum Gasteiger partial charge on any atom is -0.444 e. The summed E-state index contributed by atoms with van der Waals surface area (Å²) in [6.45, 7) is 8.29. The molecule has 5 heteroatoms. The fourth-order valence-electron chi connectivity index (χ4n) is 3.33. The Balaban J connectivity index is 1.93. The lowest BCUT2D eigenvalue weighted by molar-refractivity contribution is 0.0181. The number of nitrogens with zero attached hydrogens (tertiary/aromatic N) is 2. The Labute approximate surface area is 135 Å². The molecule has 0 fully saturated rings. The van der Waals surface area contributed by atoms with E-state index in [-0.39, 0.29) is 23.9 Å². The van der Waals surface area contributed by atoms with E-state index in [4.69, 9.17) is 4.74 Å². The lowest BCUT2D eigenvalue weighted by Crippen LogP contribution is -2.46. The molecule has 1 aromatic carbocycles. The summed E-state index contributed by atoms with van der Waals surface area (Å²) in [5, 5.41) is 0.646. The van der Waals surface area contributed by atoms with Crippen LogP contribution in [0.2, 0.25) is 0 Å². The van der Waals surface area contributed by atoms with Gasteiger partial charge >= 0.3 is 6.09 Å². The molecule has 1 amide bonds. The third-order valence-corrected chi connectivity index (χ3v) is 4.53. The van der Waals surface area contributed by atoms with E-state index < -0.39 is 5.60 Å². The Kier molecular flexibility index (Phi) is 3.62. The van der Waals surface area contributed by atoms with Crippen LogP contribution in [0.1, 0.15) is 39.2 Å². The highest BCUT2D eigenvalue weighted by molar-refractivity contribution is 5.85. The van der Waals surface area contributed by atoms with Gasteiger partial charge in [0.15, 0.2) is 0 Å². The minimum atomic E-state index is -0.523. The zero-order valence-electron chi connectivity index (χ0n) is 14.3. The van der Waals surface area contributed by atoms with Gasteiger partial charge in [0.1, 0.15) is 11.4 Å². The first-order chi connectivity index (χ1) is 10.7. The Morgan fingerprint density at radius 1 is 1.35 bits per heavy atom. The van der Waals surface area contributed by atoms with E-state index in [1.165, 1.54) is 6.07 Å². The van der Waals surface area contributed by atoms with Crippen LogP contribution < -0.4 is 0 Å². The number of ether oxygens (including phenoxy) is 1. The standard InChI is InChI=1S/C18H23FN2O2/c1-11-12-6-7-14(19)13-8-9-21(16(12)13)10-15(11)20(5)17(22)23-18(2,3)4/h6-9,11,15H,10H2,1-5H3/t11?,15-/m0/s1. The van der Waals surface area contributed by atoms with Crippen molar-refractivity contribution < 1.29 is 13.9 Å². The highest BCUT2D eigenvalue weighted by Crippen LogP contribution is 2.36. The van der Waals surface area contributed by atoms with Crippen LogP contribution in [0.15, 0.2) is 24.4 Å². The van der Waals surface area contributed by atoms with Crippen molar-refractivity contribution in [1.29, 1.82) is 0 Å². The summed E-state index contributed by atoms with van der Waals surface area (Å²) in [6, 6.07) is 5.11. The smallest absolute Gasteiger partial charge is 0.410 e. The van der Waals surface area contributed by atoms with Gasteiger partial charge in [-0.2, -0.15) is 0 Å². The molecular weight excluding hydrogens is 295 g/mol. The number of hydrogen-bond acceptors (Lipinski definition) is 2. The van der Waals surface area contributed by atoms with Crippen LogP contribution in [0, 0.1) is 5.82 Å². The fourth-order valence-corrected chi connectivity index (χ4v) is 3.33. The van der Waals surface area contributed by atoms with Crippen LogP contribution in [0.4, 0.5) is 9.18 Å². The number of rotatable bonds is 1. The molecule has 0 saturated heterocycles. The molecule has 2 aromatic rings. The number of aromatic nitrogens is 1. The molecular formula is C18H23FN2O2. The van der Waals surface area contributed by atoms with Crippen LogP contribution in [-0.4, -0.2) is 34.3 Å². The molecule has 1 aliphatic rings. The molecule has 1 aliphatic heterocycles. The van der Waals surface area contributed by atoms with Crippen molar-refractivity contribution in [3.8, 4) is 0 Å². The molecule has 4 nitrogen and oxygen atoms in total. The van der Waals surface area contributed by atoms with Crippen molar-refractivity contribution in [2.75, 3.05) is 7.05 Å². The number of hydrogen-bond donors (Lipinski definition) is 0. The van der Waals surface area contributed by atoms with Crippen molar-refractivity contribution in [2.45, 2.75) is 51.8 Å². The van der Waals surface area contributed by atoms with Gasteiger partial charge in [-0.1, -0.05) is 13.0 Å². The first-order valence-electron chi connectivity index (χ1n) is 7.92. The highest BCUT2D eigenvalue weighted by Gasteiger charge is 2.34. The van der Waals surface area contributed by atoms with Gasteiger partial charge in [-0.3, -0.25) is 0 Å². The van der Waals surface area contributed by atoms with Crippen molar-refractivity contribution in [2.24, 2.45) is 0 Å². The first kappa shape index (κ1) is 15.8. The SMILES string of the molecule is CC1c2ccc(F)c3ccn(c23)C[C@@H]1N(C)C(=O)OC(C)(C)C. The average Bonchev–Trinajstić information content (AvgIpc) is 2.87. The zero-order chi connectivity index (χ0) is 16.9. The van der Waals surface area contributed by atoms with Gasteiger partial charge in [-0.25, -0.2) is 9.18 Å². The quantitative estimate of drug-likeness (QED) is 0.792. The number of halogens is 1. The maximum Gasteiger partial charge on any atom is 0.410 e. The maximum atomic E-state index is 13.9. The average molecular weight is 318 g/mol. The molecule has 0 aliphatic carbocycles. The molecule has 0 N–H and O–H groups in total. The van der Waals surface area contributed by atoms with E-state index in [0.29, 0.717) is 11.9 Å². The molecule has 0 radical (unpaired) electrons. The predicted octanol–water partition coefficient (Wildman–Crippen LogP) is 4.13. The summed E-state index contributed by atoms with van der Waals surface area (Å²) in [4.78, 5) is 14.0. The topological polar surface area (TPSA) is 34.5 Å². The summed E-state index contributed by atoms with van der Waals surface area (Å²) in [5.41, 5.74) is 1.48. The van der Waals surface area contributed by atoms with E-state index in [1.54, 1.807) is 18.0 Å². The second kappa shape index (κ2) is 5.25. The second-order valence-electron chi connectivity index (χ2n) is 7.31. The molecule has 1 aromatic heterocycles. The molecule has 2 atom stereocenters. The fraction of sp³-hybridized carbons (Fsp3) is 0.500. The van der Waals surface area contributed by atoms with Crippen molar-refractivity contribution in [3.63, 3.8) is 0 Å². The molecule has 0 saturated carbocycles. The summed E-state index contributed by atoms with van der Waals surface area (Å²) in [5.74, 6) is -0.0911. The van der Waals surface area contributed by atoms with E-state index >= 15 is 0 Å². The van der Waals surface area contributed by atoms with Gasteiger partial charge in [-0.05, 0) is 38.5 Å². The van der Waals surface area contributed by atoms with E-state index in [2.05, 4.69) is 6.92 Å². The van der Waals surface area contributed by atoms with Crippen LogP contribution in [0.25, 0.3) is 10.9 Å². The molecule has 0 spiro atoms. The summed E-state index contributed by atoms with van der Waals surface area (Å²) >= 11 is 0.